The summed E-state index contributed by atoms with van der Waals surface area (Å²) >= 11 is 2.63. The van der Waals surface area contributed by atoms with E-state index >= 15 is 0 Å². The molecular weight excluding hydrogens is 296 g/mol. The molecule has 0 radical (unpaired) electrons. The summed E-state index contributed by atoms with van der Waals surface area (Å²) in [5.74, 6) is 0.0744. The van der Waals surface area contributed by atoms with Gasteiger partial charge in [0.15, 0.2) is 16.4 Å². The lowest BCUT2D eigenvalue weighted by Gasteiger charge is -1.98. The van der Waals surface area contributed by atoms with E-state index in [1.807, 2.05) is 12.3 Å². The highest BCUT2D eigenvalue weighted by Gasteiger charge is 2.10. The molecule has 0 fully saturated rings. The number of pyridine rings is 1. The number of nitrogens with zero attached hydrogens (tertiary/aromatic N) is 3. The van der Waals surface area contributed by atoms with Crippen LogP contribution >= 0.6 is 23.1 Å². The van der Waals surface area contributed by atoms with Crippen LogP contribution in [0.25, 0.3) is 11.2 Å². The predicted octanol–water partition coefficient (Wildman–Crippen LogP) is 2.72. The van der Waals surface area contributed by atoms with Crippen molar-refractivity contribution in [2.75, 3.05) is 11.1 Å². The smallest absolute Gasteiger partial charge is 0.258 e. The number of carbonyl (C=O) groups excluding carboxylic acids is 1. The second kappa shape index (κ2) is 5.59. The normalized spacial score (nSPS) is 10.8. The van der Waals surface area contributed by atoms with Gasteiger partial charge in [-0.3, -0.25) is 4.79 Å². The van der Waals surface area contributed by atoms with E-state index in [9.17, 15) is 4.79 Å². The van der Waals surface area contributed by atoms with Gasteiger partial charge in [-0.05, 0) is 19.1 Å². The third-order valence-electron chi connectivity index (χ3n) is 2.34. The molecule has 3 rings (SSSR count). The molecule has 8 heteroatoms. The van der Waals surface area contributed by atoms with Gasteiger partial charge in [0.25, 0.3) is 5.22 Å². The van der Waals surface area contributed by atoms with Crippen molar-refractivity contribution in [2.24, 2.45) is 0 Å². The summed E-state index contributed by atoms with van der Waals surface area (Å²) in [6, 6.07) is 3.57. The van der Waals surface area contributed by atoms with Gasteiger partial charge in [0.05, 0.1) is 11.4 Å². The highest BCUT2D eigenvalue weighted by Crippen LogP contribution is 2.22. The third kappa shape index (κ3) is 2.97. The van der Waals surface area contributed by atoms with E-state index in [-0.39, 0.29) is 11.7 Å². The molecule has 0 saturated carbocycles. The molecule has 20 heavy (non-hydrogen) atoms. The molecule has 0 aliphatic heterocycles. The minimum absolute atomic E-state index is 0.139. The summed E-state index contributed by atoms with van der Waals surface area (Å²) in [4.78, 5) is 24.2. The van der Waals surface area contributed by atoms with Crippen molar-refractivity contribution in [2.45, 2.75) is 12.1 Å². The molecule has 0 aliphatic carbocycles. The molecule has 0 saturated heterocycles. The number of amides is 1. The summed E-state index contributed by atoms with van der Waals surface area (Å²) < 4.78 is 5.47. The molecule has 3 aromatic rings. The number of anilines is 1. The second-order valence-corrected chi connectivity index (χ2v) is 5.72. The van der Waals surface area contributed by atoms with Crippen molar-refractivity contribution in [1.82, 2.24) is 15.0 Å². The Balaban J connectivity index is 1.59. The van der Waals surface area contributed by atoms with Crippen molar-refractivity contribution >= 4 is 45.4 Å². The van der Waals surface area contributed by atoms with Crippen molar-refractivity contribution in [3.63, 3.8) is 0 Å². The molecule has 0 unspecified atom stereocenters. The first kappa shape index (κ1) is 13.1. The van der Waals surface area contributed by atoms with Crippen molar-refractivity contribution in [3.8, 4) is 0 Å². The lowest BCUT2D eigenvalue weighted by atomic mass is 10.5. The highest BCUT2D eigenvalue weighted by atomic mass is 32.2. The number of thioether (sulfide) groups is 1. The third-order valence-corrected chi connectivity index (χ3v) is 4.04. The standard InChI is InChI=1S/C12H10N4O2S2/c1-7-5-19-11(14-7)15-9(17)6-20-12-16-10-8(18-12)3-2-4-13-10/h2-5H,6H2,1H3,(H,14,15,17). The lowest BCUT2D eigenvalue weighted by molar-refractivity contribution is -0.113. The minimum atomic E-state index is -0.139. The molecule has 102 valence electrons. The zero-order valence-corrected chi connectivity index (χ0v) is 12.1. The van der Waals surface area contributed by atoms with Gasteiger partial charge in [-0.15, -0.1) is 11.3 Å². The Labute approximate surface area is 122 Å². The Kier molecular flexibility index (Phi) is 3.66. The van der Waals surface area contributed by atoms with Gasteiger partial charge in [0, 0.05) is 11.6 Å². The van der Waals surface area contributed by atoms with E-state index in [4.69, 9.17) is 4.42 Å². The Morgan fingerprint density at radius 3 is 3.15 bits per heavy atom. The number of nitrogens with one attached hydrogen (secondary N) is 1. The summed E-state index contributed by atoms with van der Waals surface area (Å²) in [5.41, 5.74) is 2.06. The Hall–Kier alpha value is -1.93. The maximum atomic E-state index is 11.8. The summed E-state index contributed by atoms with van der Waals surface area (Å²) in [6.45, 7) is 1.88. The zero-order chi connectivity index (χ0) is 13.9. The molecule has 1 N–H and O–H groups in total. The first-order chi connectivity index (χ1) is 9.70. The molecule has 3 aromatic heterocycles. The molecule has 1 amide bonds. The number of aromatic nitrogens is 3. The average Bonchev–Trinajstić information content (AvgIpc) is 3.02. The molecule has 0 aromatic carbocycles. The van der Waals surface area contributed by atoms with Gasteiger partial charge in [-0.2, -0.15) is 4.98 Å². The summed E-state index contributed by atoms with van der Waals surface area (Å²) in [6.07, 6.45) is 1.65. The fourth-order valence-corrected chi connectivity index (χ4v) is 2.84. The van der Waals surface area contributed by atoms with Crippen molar-refractivity contribution in [3.05, 3.63) is 29.4 Å². The van der Waals surface area contributed by atoms with Gasteiger partial charge < -0.3 is 9.73 Å². The highest BCUT2D eigenvalue weighted by molar-refractivity contribution is 7.99. The summed E-state index contributed by atoms with van der Waals surface area (Å²) in [5, 5.41) is 5.65. The molecule has 3 heterocycles. The number of carbonyl (C=O) groups is 1. The van der Waals surface area contributed by atoms with Crippen LogP contribution < -0.4 is 5.32 Å². The lowest BCUT2D eigenvalue weighted by Crippen LogP contribution is -2.13. The predicted molar refractivity (Wildman–Crippen MR) is 78.0 cm³/mol. The van der Waals surface area contributed by atoms with Crippen LogP contribution in [0.15, 0.2) is 33.3 Å². The fraction of sp³-hybridized carbons (Fsp3) is 0.167. The van der Waals surface area contributed by atoms with Gasteiger partial charge in [-0.1, -0.05) is 11.8 Å². The van der Waals surface area contributed by atoms with Gasteiger partial charge in [0.1, 0.15) is 0 Å². The van der Waals surface area contributed by atoms with E-state index in [2.05, 4.69) is 20.3 Å². The van der Waals surface area contributed by atoms with Crippen molar-refractivity contribution in [1.29, 1.82) is 0 Å². The molecule has 0 spiro atoms. The number of aryl methyl sites for hydroxylation is 1. The van der Waals surface area contributed by atoms with Crippen molar-refractivity contribution < 1.29 is 9.21 Å². The van der Waals surface area contributed by atoms with Crippen LogP contribution in [0, 0.1) is 6.92 Å². The molecule has 0 aliphatic rings. The van der Waals surface area contributed by atoms with Crippen LogP contribution in [0.1, 0.15) is 5.69 Å². The Morgan fingerprint density at radius 2 is 2.40 bits per heavy atom. The second-order valence-electron chi connectivity index (χ2n) is 3.94. The van der Waals surface area contributed by atoms with E-state index in [0.717, 1.165) is 5.69 Å². The molecule has 6 nitrogen and oxygen atoms in total. The van der Waals surface area contributed by atoms with E-state index in [1.165, 1.54) is 23.1 Å². The number of hydrogen-bond acceptors (Lipinski definition) is 7. The van der Waals surface area contributed by atoms with Crippen LogP contribution in [0.4, 0.5) is 5.13 Å². The van der Waals surface area contributed by atoms with Gasteiger partial charge >= 0.3 is 0 Å². The maximum Gasteiger partial charge on any atom is 0.258 e. The van der Waals surface area contributed by atoms with E-state index in [0.29, 0.717) is 21.6 Å². The average molecular weight is 306 g/mol. The SMILES string of the molecule is Cc1csc(NC(=O)CSc2nc3ncccc3o2)n1. The Bertz CT molecular complexity index is 720. The van der Waals surface area contributed by atoms with Crippen LogP contribution in [0.5, 0.6) is 0 Å². The fourth-order valence-electron chi connectivity index (χ4n) is 1.50. The monoisotopic (exact) mass is 306 g/mol. The number of fused-ring (bicyclic) bond motifs is 1. The largest absolute Gasteiger partial charge is 0.430 e. The number of rotatable bonds is 4. The quantitative estimate of drug-likeness (QED) is 0.746. The van der Waals surface area contributed by atoms with E-state index in [1.54, 1.807) is 18.3 Å². The first-order valence-electron chi connectivity index (χ1n) is 5.77. The van der Waals surface area contributed by atoms with Crippen LogP contribution in [-0.4, -0.2) is 26.6 Å². The van der Waals surface area contributed by atoms with Gasteiger partial charge in [-0.25, -0.2) is 9.97 Å². The van der Waals surface area contributed by atoms with Crippen LogP contribution in [0.2, 0.25) is 0 Å². The minimum Gasteiger partial charge on any atom is -0.430 e. The number of oxazole rings is 1. The molecular formula is C12H10N4O2S2. The number of thiazole rings is 1. The molecule has 0 bridgehead atoms. The van der Waals surface area contributed by atoms with Crippen LogP contribution in [0.3, 0.4) is 0 Å². The zero-order valence-electron chi connectivity index (χ0n) is 10.5. The maximum absolute atomic E-state index is 11.8. The molecule has 0 atom stereocenters. The van der Waals surface area contributed by atoms with E-state index < -0.39 is 0 Å². The van der Waals surface area contributed by atoms with Crippen LogP contribution in [-0.2, 0) is 4.79 Å². The van der Waals surface area contributed by atoms with Gasteiger partial charge in [0.2, 0.25) is 5.91 Å². The first-order valence-corrected chi connectivity index (χ1v) is 7.63. The summed E-state index contributed by atoms with van der Waals surface area (Å²) in [7, 11) is 0. The topological polar surface area (TPSA) is 80.9 Å². The Morgan fingerprint density at radius 1 is 1.50 bits per heavy atom. The number of hydrogen-bond donors (Lipinski definition) is 1.